The number of thioether (sulfide) groups is 1. The first-order valence-electron chi connectivity index (χ1n) is 24.6. The molecule has 296 valence electrons. The van der Waals surface area contributed by atoms with Crippen molar-refractivity contribution >= 4 is 11.8 Å². The summed E-state index contributed by atoms with van der Waals surface area (Å²) >= 11 is 2.59. The Morgan fingerprint density at radius 2 is 0.811 bits per heavy atom. The van der Waals surface area contributed by atoms with Gasteiger partial charge in [0.15, 0.2) is 0 Å². The number of rotatable bonds is 4. The van der Waals surface area contributed by atoms with Crippen LogP contribution in [0, 0.1) is 59.2 Å². The maximum absolute atomic E-state index is 7.07. The average molecular weight is 746 g/mol. The van der Waals surface area contributed by atoms with E-state index in [1.807, 2.05) is 0 Å². The molecule has 0 aromatic carbocycles. The molecule has 0 aromatic heterocycles. The van der Waals surface area contributed by atoms with E-state index in [1.54, 1.807) is 6.42 Å². The van der Waals surface area contributed by atoms with Gasteiger partial charge in [0.05, 0.1) is 36.6 Å². The second-order valence-corrected chi connectivity index (χ2v) is 23.3. The maximum Gasteiger partial charge on any atom is 0.0625 e. The lowest BCUT2D eigenvalue weighted by Gasteiger charge is -2.52. The molecule has 12 fully saturated rings. The summed E-state index contributed by atoms with van der Waals surface area (Å²) in [6, 6.07) is 2.29. The molecule has 0 radical (unpaired) electrons. The molecule has 0 aromatic rings. The van der Waals surface area contributed by atoms with Crippen molar-refractivity contribution in [3.63, 3.8) is 0 Å². The van der Waals surface area contributed by atoms with Crippen LogP contribution in [0.25, 0.3) is 0 Å². The highest BCUT2D eigenvalue weighted by atomic mass is 32.2. The summed E-state index contributed by atoms with van der Waals surface area (Å²) < 4.78 is 21.0. The second kappa shape index (κ2) is 14.5. The van der Waals surface area contributed by atoms with E-state index < -0.39 is 0 Å². The van der Waals surface area contributed by atoms with Crippen LogP contribution in [-0.2, 0) is 14.2 Å². The largest absolute Gasteiger partial charge is 0.374 e. The fourth-order valence-electron chi connectivity index (χ4n) is 17.9. The molecule has 0 bridgehead atoms. The Labute approximate surface area is 327 Å². The molecule has 0 amide bonds. The van der Waals surface area contributed by atoms with Gasteiger partial charge in [0, 0.05) is 34.5 Å². The molecule has 12 aliphatic rings. The van der Waals surface area contributed by atoms with Crippen molar-refractivity contribution in [3.05, 3.63) is 0 Å². The van der Waals surface area contributed by atoms with Crippen LogP contribution in [0.3, 0.4) is 0 Å². The maximum atomic E-state index is 7.07. The van der Waals surface area contributed by atoms with Crippen LogP contribution in [0.2, 0.25) is 0 Å². The lowest BCUT2D eigenvalue weighted by atomic mass is 9.62. The molecule has 21 atom stereocenters. The van der Waals surface area contributed by atoms with Crippen molar-refractivity contribution < 1.29 is 14.2 Å². The van der Waals surface area contributed by atoms with Crippen LogP contribution in [0.15, 0.2) is 0 Å². The van der Waals surface area contributed by atoms with E-state index in [9.17, 15) is 0 Å². The van der Waals surface area contributed by atoms with Gasteiger partial charge in [-0.05, 0) is 169 Å². The topological polar surface area (TPSA) is 30.9 Å². The van der Waals surface area contributed by atoms with Gasteiger partial charge in [-0.3, -0.25) is 4.90 Å². The van der Waals surface area contributed by atoms with Crippen LogP contribution < -0.4 is 0 Å². The Morgan fingerprint density at radius 1 is 0.321 bits per heavy atom. The Hall–Kier alpha value is 0.190. The van der Waals surface area contributed by atoms with E-state index in [2.05, 4.69) is 16.7 Å². The number of hydrogen-bond donors (Lipinski definition) is 0. The molecule has 0 N–H and O–H groups in total. The lowest BCUT2D eigenvalue weighted by molar-refractivity contribution is -0.0671. The second-order valence-electron chi connectivity index (χ2n) is 21.9. The summed E-state index contributed by atoms with van der Waals surface area (Å²) in [5.41, 5.74) is 0. The minimum Gasteiger partial charge on any atom is -0.374 e. The van der Waals surface area contributed by atoms with Gasteiger partial charge < -0.3 is 14.2 Å². The summed E-state index contributed by atoms with van der Waals surface area (Å²) in [7, 11) is 0. The first-order chi connectivity index (χ1) is 26.2. The highest BCUT2D eigenvalue weighted by Crippen LogP contribution is 2.64. The van der Waals surface area contributed by atoms with E-state index in [-0.39, 0.29) is 0 Å². The highest BCUT2D eigenvalue weighted by molar-refractivity contribution is 8.00. The molecular formula is C48H75NO3S. The Balaban J connectivity index is 0.792. The van der Waals surface area contributed by atoms with Crippen molar-refractivity contribution in [2.75, 3.05) is 0 Å². The van der Waals surface area contributed by atoms with Crippen LogP contribution >= 0.6 is 11.8 Å². The Kier molecular flexibility index (Phi) is 9.61. The zero-order valence-corrected chi connectivity index (χ0v) is 34.1. The predicted molar refractivity (Wildman–Crippen MR) is 214 cm³/mol. The van der Waals surface area contributed by atoms with Gasteiger partial charge in [-0.1, -0.05) is 57.8 Å². The van der Waals surface area contributed by atoms with Crippen molar-refractivity contribution in [1.82, 2.24) is 4.90 Å². The molecule has 4 aliphatic heterocycles. The Bertz CT molecular complexity index is 1260. The van der Waals surface area contributed by atoms with Gasteiger partial charge in [0.25, 0.3) is 0 Å². The van der Waals surface area contributed by atoms with Gasteiger partial charge >= 0.3 is 0 Å². The van der Waals surface area contributed by atoms with E-state index in [1.165, 1.54) is 167 Å². The van der Waals surface area contributed by atoms with Gasteiger partial charge in [0.2, 0.25) is 0 Å². The predicted octanol–water partition coefficient (Wildman–Crippen LogP) is 11.0. The van der Waals surface area contributed by atoms with Crippen LogP contribution in [0.4, 0.5) is 0 Å². The molecule has 21 unspecified atom stereocenters. The van der Waals surface area contributed by atoms with E-state index >= 15 is 0 Å². The van der Waals surface area contributed by atoms with Gasteiger partial charge in [0.1, 0.15) is 0 Å². The fraction of sp³-hybridized carbons (Fsp3) is 1.00. The minimum atomic E-state index is 0.551. The van der Waals surface area contributed by atoms with Gasteiger partial charge in [-0.15, -0.1) is 0 Å². The summed E-state index contributed by atoms with van der Waals surface area (Å²) in [5, 5.41) is 1.87. The number of nitrogens with zero attached hydrogens (tertiary/aromatic N) is 1. The SMILES string of the molecule is C1CCC2C(C1)OC1CC(N(C3CCCC(C4CCCC5C6CCC7OC8CCCCC8C7C6SC45)C3)C3CCC4C(C3)OC3CCCCC34)CCC12. The van der Waals surface area contributed by atoms with Crippen LogP contribution in [-0.4, -0.2) is 70.1 Å². The van der Waals surface area contributed by atoms with Crippen molar-refractivity contribution in [1.29, 1.82) is 0 Å². The molecule has 0 spiro atoms. The Morgan fingerprint density at radius 3 is 1.51 bits per heavy atom. The van der Waals surface area contributed by atoms with E-state index in [4.69, 9.17) is 14.2 Å². The standard InChI is InChI=1S/C48H75NO3S/c1-4-16-40-33(11-1)35-21-19-30(26-44(35)51-40)49(31-20-22-36-34-12-2-5-17-41(34)52-45(36)27-31)29-10-7-9-28(25-29)32-14-8-15-37-38-23-24-43-46(48(38)53-47(32)37)39-13-3-6-18-42(39)50-43/h28-48H,1-27H2. The molecule has 8 aliphatic carbocycles. The van der Waals surface area contributed by atoms with E-state index in [0.717, 1.165) is 87.8 Å². The molecule has 53 heavy (non-hydrogen) atoms. The molecule has 5 heteroatoms. The third-order valence-corrected chi connectivity index (χ3v) is 21.9. The molecular weight excluding hydrogens is 671 g/mol. The normalized spacial score (nSPS) is 57.3. The van der Waals surface area contributed by atoms with E-state index in [0.29, 0.717) is 36.6 Å². The highest BCUT2D eigenvalue weighted by Gasteiger charge is 2.60. The summed E-state index contributed by atoms with van der Waals surface area (Å²) in [5.74, 6) is 9.24. The van der Waals surface area contributed by atoms with Crippen LogP contribution in [0.1, 0.15) is 173 Å². The number of fused-ring (bicyclic) bond motifs is 13. The van der Waals surface area contributed by atoms with Crippen LogP contribution in [0.5, 0.6) is 0 Å². The molecule has 4 saturated heterocycles. The average Bonchev–Trinajstić information content (AvgIpc) is 3.97. The molecule has 8 saturated carbocycles. The third-order valence-electron chi connectivity index (χ3n) is 19.9. The van der Waals surface area contributed by atoms with Gasteiger partial charge in [-0.2, -0.15) is 11.8 Å². The zero-order valence-electron chi connectivity index (χ0n) is 33.3. The van der Waals surface area contributed by atoms with Crippen molar-refractivity contribution in [2.45, 2.75) is 239 Å². The number of ether oxygens (including phenoxy) is 3. The molecule has 4 heterocycles. The first kappa shape index (κ1) is 35.2. The number of hydrogen-bond acceptors (Lipinski definition) is 5. The first-order valence-corrected chi connectivity index (χ1v) is 25.6. The molecule has 4 nitrogen and oxygen atoms in total. The lowest BCUT2D eigenvalue weighted by Crippen LogP contribution is -2.56. The summed E-state index contributed by atoms with van der Waals surface area (Å²) in [4.78, 5) is 3.31. The smallest absolute Gasteiger partial charge is 0.0625 e. The van der Waals surface area contributed by atoms with Crippen molar-refractivity contribution in [3.8, 4) is 0 Å². The zero-order chi connectivity index (χ0) is 34.6. The monoisotopic (exact) mass is 746 g/mol. The molecule has 12 rings (SSSR count). The summed E-state index contributed by atoms with van der Waals surface area (Å²) in [6.45, 7) is 0. The van der Waals surface area contributed by atoms with Crippen molar-refractivity contribution in [2.24, 2.45) is 59.2 Å². The third kappa shape index (κ3) is 5.99. The fourth-order valence-corrected chi connectivity index (χ4v) is 20.5. The minimum absolute atomic E-state index is 0.551. The van der Waals surface area contributed by atoms with Gasteiger partial charge in [-0.25, -0.2) is 0 Å². The summed E-state index contributed by atoms with van der Waals surface area (Å²) in [6.07, 6.45) is 42.5. The quantitative estimate of drug-likeness (QED) is 0.286.